The van der Waals surface area contributed by atoms with Gasteiger partial charge < -0.3 is 19.3 Å². The number of aromatic nitrogens is 3. The molecule has 1 N–H and O–H groups in total. The first kappa shape index (κ1) is 28.6. The van der Waals surface area contributed by atoms with Crippen molar-refractivity contribution in [2.75, 3.05) is 7.11 Å². The van der Waals surface area contributed by atoms with Crippen molar-refractivity contribution >= 4 is 5.97 Å². The molecule has 5 rings (SSSR count). The second-order valence-corrected chi connectivity index (χ2v) is 10.1. The van der Waals surface area contributed by atoms with Crippen LogP contribution in [0.15, 0.2) is 97.1 Å². The van der Waals surface area contributed by atoms with Gasteiger partial charge in [-0.3, -0.25) is 0 Å². The Morgan fingerprint density at radius 1 is 0.810 bits per heavy atom. The van der Waals surface area contributed by atoms with Crippen molar-refractivity contribution in [3.63, 3.8) is 0 Å². The van der Waals surface area contributed by atoms with Crippen LogP contribution in [0.4, 0.5) is 0 Å². The second-order valence-electron chi connectivity index (χ2n) is 10.1. The first-order chi connectivity index (χ1) is 20.5. The normalized spacial score (nSPS) is 11.0. The summed E-state index contributed by atoms with van der Waals surface area (Å²) in [5.74, 6) is 0.707. The van der Waals surface area contributed by atoms with Crippen LogP contribution in [0.1, 0.15) is 52.5 Å². The molecule has 8 nitrogen and oxygen atoms in total. The summed E-state index contributed by atoms with van der Waals surface area (Å²) >= 11 is 0. The van der Waals surface area contributed by atoms with Crippen LogP contribution in [-0.2, 0) is 24.6 Å². The lowest BCUT2D eigenvalue weighted by molar-refractivity contribution is 0.0595. The highest BCUT2D eigenvalue weighted by atomic mass is 16.5. The number of rotatable bonds is 11. The van der Waals surface area contributed by atoms with Gasteiger partial charge in [0.1, 0.15) is 36.1 Å². The summed E-state index contributed by atoms with van der Waals surface area (Å²) < 4.78 is 19.4. The zero-order valence-corrected chi connectivity index (χ0v) is 23.9. The van der Waals surface area contributed by atoms with Crippen LogP contribution in [-0.4, -0.2) is 33.2 Å². The van der Waals surface area contributed by atoms with Gasteiger partial charge in [-0.15, -0.1) is 5.10 Å². The van der Waals surface area contributed by atoms with E-state index in [2.05, 4.69) is 24.2 Å². The number of carbonyl (C=O) groups excluding carboxylic acids is 1. The quantitative estimate of drug-likeness (QED) is 0.183. The highest BCUT2D eigenvalue weighted by molar-refractivity contribution is 5.94. The zero-order valence-electron chi connectivity index (χ0n) is 23.9. The van der Waals surface area contributed by atoms with E-state index in [-0.39, 0.29) is 18.2 Å². The van der Waals surface area contributed by atoms with E-state index >= 15 is 0 Å². The molecule has 1 aromatic heterocycles. The molecule has 1 heterocycles. The molecule has 0 saturated heterocycles. The monoisotopic (exact) mass is 563 g/mol. The van der Waals surface area contributed by atoms with E-state index in [9.17, 15) is 9.90 Å². The fourth-order valence-corrected chi connectivity index (χ4v) is 4.61. The van der Waals surface area contributed by atoms with Gasteiger partial charge in [-0.1, -0.05) is 104 Å². The molecule has 42 heavy (non-hydrogen) atoms. The lowest BCUT2D eigenvalue weighted by atomic mass is 10.00. The molecule has 0 aliphatic rings. The molecule has 0 bridgehead atoms. The number of hydrogen-bond acceptors (Lipinski definition) is 7. The van der Waals surface area contributed by atoms with E-state index in [4.69, 9.17) is 14.2 Å². The molecule has 0 saturated carbocycles. The Morgan fingerprint density at radius 2 is 1.40 bits per heavy atom. The molecule has 0 aliphatic heterocycles. The number of nitrogens with zero attached hydrogens (tertiary/aromatic N) is 3. The van der Waals surface area contributed by atoms with Crippen LogP contribution < -0.4 is 9.47 Å². The maximum absolute atomic E-state index is 12.8. The number of methoxy groups -OCH3 is 1. The Kier molecular flexibility index (Phi) is 8.94. The molecule has 5 aromatic rings. The number of hydrogen-bond donors (Lipinski definition) is 1. The van der Waals surface area contributed by atoms with E-state index in [0.29, 0.717) is 41.7 Å². The van der Waals surface area contributed by atoms with E-state index in [1.165, 1.54) is 7.11 Å². The Balaban J connectivity index is 1.65. The zero-order chi connectivity index (χ0) is 29.5. The molecule has 214 valence electrons. The summed E-state index contributed by atoms with van der Waals surface area (Å²) in [6.07, 6.45) is 0. The van der Waals surface area contributed by atoms with Gasteiger partial charge in [0, 0.05) is 11.6 Å². The fraction of sp³-hybridized carbons (Fsp3) is 0.206. The van der Waals surface area contributed by atoms with Crippen molar-refractivity contribution in [3.05, 3.63) is 125 Å². The van der Waals surface area contributed by atoms with Crippen molar-refractivity contribution < 1.29 is 24.1 Å². The van der Waals surface area contributed by atoms with Crippen LogP contribution in [0.25, 0.3) is 16.9 Å². The summed E-state index contributed by atoms with van der Waals surface area (Å²) in [7, 11) is 1.31. The van der Waals surface area contributed by atoms with Crippen molar-refractivity contribution in [2.24, 2.45) is 0 Å². The van der Waals surface area contributed by atoms with Gasteiger partial charge in [0.2, 0.25) is 0 Å². The molecule has 0 aliphatic carbocycles. The van der Waals surface area contributed by atoms with Gasteiger partial charge >= 0.3 is 5.97 Å². The Labute approximate surface area is 245 Å². The van der Waals surface area contributed by atoms with Crippen LogP contribution >= 0.6 is 0 Å². The number of aliphatic hydroxyl groups is 1. The average molecular weight is 564 g/mol. The van der Waals surface area contributed by atoms with Crippen molar-refractivity contribution in [1.29, 1.82) is 0 Å². The first-order valence-electron chi connectivity index (χ1n) is 13.7. The van der Waals surface area contributed by atoms with Crippen LogP contribution in [0.2, 0.25) is 0 Å². The topological polar surface area (TPSA) is 95.7 Å². The van der Waals surface area contributed by atoms with Gasteiger partial charge in [0.15, 0.2) is 5.69 Å². The third-order valence-electron chi connectivity index (χ3n) is 6.87. The number of ether oxygens (including phenoxy) is 3. The summed E-state index contributed by atoms with van der Waals surface area (Å²) in [6, 6.07) is 30.9. The number of carbonyl (C=O) groups is 1. The fourth-order valence-electron chi connectivity index (χ4n) is 4.61. The van der Waals surface area contributed by atoms with E-state index in [1.54, 1.807) is 16.8 Å². The van der Waals surface area contributed by atoms with Crippen molar-refractivity contribution in [2.45, 2.75) is 39.6 Å². The van der Waals surface area contributed by atoms with E-state index in [1.807, 2.05) is 84.9 Å². The Bertz CT molecular complexity index is 1630. The highest BCUT2D eigenvalue weighted by Crippen LogP contribution is 2.39. The molecule has 0 spiro atoms. The molecule has 4 aromatic carbocycles. The molecule has 0 atom stereocenters. The minimum absolute atomic E-state index is 0.0683. The molecule has 0 amide bonds. The predicted molar refractivity (Wildman–Crippen MR) is 160 cm³/mol. The van der Waals surface area contributed by atoms with Crippen LogP contribution in [0.5, 0.6) is 11.5 Å². The molecule has 8 heteroatoms. The third kappa shape index (κ3) is 6.34. The van der Waals surface area contributed by atoms with E-state index in [0.717, 1.165) is 22.3 Å². The smallest absolute Gasteiger partial charge is 0.360 e. The minimum atomic E-state index is -0.610. The first-order valence-corrected chi connectivity index (χ1v) is 13.7. The Morgan fingerprint density at radius 3 is 1.95 bits per heavy atom. The van der Waals surface area contributed by atoms with Gasteiger partial charge in [0.25, 0.3) is 0 Å². The summed E-state index contributed by atoms with van der Waals surface area (Å²) in [5, 5.41) is 18.2. The largest absolute Gasteiger partial charge is 0.488 e. The van der Waals surface area contributed by atoms with Gasteiger partial charge in [-0.05, 0) is 34.2 Å². The molecule has 0 fully saturated rings. The van der Waals surface area contributed by atoms with E-state index < -0.39 is 5.97 Å². The number of esters is 1. The van der Waals surface area contributed by atoms with Gasteiger partial charge in [-0.25, -0.2) is 9.48 Å². The van der Waals surface area contributed by atoms with Crippen LogP contribution in [0, 0.1) is 0 Å². The Hall–Kier alpha value is -4.95. The molecular formula is C34H33N3O5. The summed E-state index contributed by atoms with van der Waals surface area (Å²) in [4.78, 5) is 12.8. The molecule has 0 radical (unpaired) electrons. The average Bonchev–Trinajstić information content (AvgIpc) is 3.48. The van der Waals surface area contributed by atoms with Crippen LogP contribution in [0.3, 0.4) is 0 Å². The van der Waals surface area contributed by atoms with Gasteiger partial charge in [-0.2, -0.15) is 0 Å². The molecule has 0 unspecified atom stereocenters. The minimum Gasteiger partial charge on any atom is -0.488 e. The number of aliphatic hydroxyl groups excluding tert-OH is 1. The second kappa shape index (κ2) is 13.1. The summed E-state index contributed by atoms with van der Waals surface area (Å²) in [6.45, 7) is 4.80. The standard InChI is InChI=1S/C34H33N3O5/c1-23(2)28-18-29(37-33(32(35-36-37)34(39)40-3)27-16-14-24(20-38)15-17-27)31(42-22-26-12-8-5-9-13-26)19-30(28)41-21-25-10-6-4-7-11-25/h4-19,23,38H,20-22H2,1-3H3. The lowest BCUT2D eigenvalue weighted by Gasteiger charge is -2.20. The lowest BCUT2D eigenvalue weighted by Crippen LogP contribution is -2.09. The maximum atomic E-state index is 12.8. The van der Waals surface area contributed by atoms with Crippen molar-refractivity contribution in [1.82, 2.24) is 15.0 Å². The highest BCUT2D eigenvalue weighted by Gasteiger charge is 2.26. The third-order valence-corrected chi connectivity index (χ3v) is 6.87. The predicted octanol–water partition coefficient (Wildman–Crippen LogP) is 6.49. The van der Waals surface area contributed by atoms with Crippen molar-refractivity contribution in [3.8, 4) is 28.4 Å². The summed E-state index contributed by atoms with van der Waals surface area (Å²) in [5.41, 5.74) is 5.54. The maximum Gasteiger partial charge on any atom is 0.360 e. The van der Waals surface area contributed by atoms with Gasteiger partial charge in [0.05, 0.1) is 13.7 Å². The number of benzene rings is 4. The molecular weight excluding hydrogens is 530 g/mol. The SMILES string of the molecule is COC(=O)c1nnn(-c2cc(C(C)C)c(OCc3ccccc3)cc2OCc2ccccc2)c1-c1ccc(CO)cc1.